The number of thioether (sulfide) groups is 1. The van der Waals surface area contributed by atoms with Gasteiger partial charge < -0.3 is 5.32 Å². The minimum absolute atomic E-state index is 0.132. The monoisotopic (exact) mass is 236 g/mol. The molecule has 0 fully saturated rings. The molecule has 16 heavy (non-hydrogen) atoms. The largest absolute Gasteiger partial charge is 0.358 e. The number of rotatable bonds is 1. The highest BCUT2D eigenvalue weighted by atomic mass is 32.2. The maximum Gasteiger partial charge on any atom is 0.157 e. The molecule has 3 rings (SSSR count). The Balaban J connectivity index is 1.80. The first-order chi connectivity index (χ1) is 7.83. The molecule has 0 bridgehead atoms. The first-order valence-electron chi connectivity index (χ1n) is 5.55. The van der Waals surface area contributed by atoms with E-state index in [1.807, 2.05) is 6.07 Å². The van der Waals surface area contributed by atoms with E-state index in [2.05, 4.69) is 10.3 Å². The summed E-state index contributed by atoms with van der Waals surface area (Å²) in [4.78, 5) is 4.38. The molecule has 1 N–H and O–H groups in total. The van der Waals surface area contributed by atoms with E-state index in [1.54, 1.807) is 23.9 Å². The fourth-order valence-corrected chi connectivity index (χ4v) is 3.09. The number of nitrogens with one attached hydrogen (secondary N) is 1. The molecular formula is C12H13FN2S. The van der Waals surface area contributed by atoms with Gasteiger partial charge in [0.05, 0.1) is 12.6 Å². The molecule has 1 atom stereocenters. The van der Waals surface area contributed by atoms with E-state index in [4.69, 9.17) is 0 Å². The van der Waals surface area contributed by atoms with Crippen LogP contribution in [-0.2, 0) is 6.42 Å². The third-order valence-corrected chi connectivity index (χ3v) is 3.97. The molecule has 0 saturated carbocycles. The second-order valence-corrected chi connectivity index (χ2v) is 5.20. The Morgan fingerprint density at radius 3 is 3.19 bits per heavy atom. The van der Waals surface area contributed by atoms with Crippen molar-refractivity contribution in [3.63, 3.8) is 0 Å². The van der Waals surface area contributed by atoms with E-state index in [0.29, 0.717) is 6.04 Å². The van der Waals surface area contributed by atoms with Gasteiger partial charge >= 0.3 is 0 Å². The Kier molecular flexibility index (Phi) is 2.59. The average Bonchev–Trinajstić information content (AvgIpc) is 2.89. The molecule has 0 saturated heterocycles. The normalized spacial score (nSPS) is 23.1. The molecule has 2 aliphatic rings. The number of aliphatic imine (C=N–C) groups is 1. The molecule has 1 heterocycles. The fourth-order valence-electron chi connectivity index (χ4n) is 2.31. The van der Waals surface area contributed by atoms with Crippen LogP contribution in [0.25, 0.3) is 0 Å². The summed E-state index contributed by atoms with van der Waals surface area (Å²) in [6, 6.07) is 5.42. The highest BCUT2D eigenvalue weighted by Crippen LogP contribution is 2.32. The maximum absolute atomic E-state index is 13.0. The lowest BCUT2D eigenvalue weighted by Crippen LogP contribution is -2.23. The smallest absolute Gasteiger partial charge is 0.157 e. The van der Waals surface area contributed by atoms with Crippen molar-refractivity contribution < 1.29 is 4.39 Å². The van der Waals surface area contributed by atoms with Crippen LogP contribution in [0.5, 0.6) is 0 Å². The number of hydrogen-bond donors (Lipinski definition) is 1. The van der Waals surface area contributed by atoms with Crippen LogP contribution in [0.15, 0.2) is 23.2 Å². The predicted octanol–water partition coefficient (Wildman–Crippen LogP) is 2.51. The van der Waals surface area contributed by atoms with Crippen LogP contribution < -0.4 is 5.32 Å². The van der Waals surface area contributed by atoms with Gasteiger partial charge in [-0.05, 0) is 36.1 Å². The molecule has 0 aromatic heterocycles. The van der Waals surface area contributed by atoms with E-state index in [0.717, 1.165) is 35.9 Å². The van der Waals surface area contributed by atoms with Crippen molar-refractivity contribution in [3.8, 4) is 0 Å². The van der Waals surface area contributed by atoms with Gasteiger partial charge in [-0.3, -0.25) is 4.99 Å². The van der Waals surface area contributed by atoms with E-state index in [9.17, 15) is 4.39 Å². The van der Waals surface area contributed by atoms with Crippen molar-refractivity contribution in [2.75, 3.05) is 12.3 Å². The zero-order valence-electron chi connectivity index (χ0n) is 8.87. The maximum atomic E-state index is 13.0. The average molecular weight is 236 g/mol. The SMILES string of the molecule is Fc1ccc2c(c1)CCC2NC1=NCCS1. The zero-order chi connectivity index (χ0) is 11.0. The predicted molar refractivity (Wildman–Crippen MR) is 65.4 cm³/mol. The molecule has 0 amide bonds. The standard InChI is InChI=1S/C12H13FN2S/c13-9-2-3-10-8(7-9)1-4-11(10)15-12-14-5-6-16-12/h2-3,7,11H,1,4-6H2,(H,14,15). The van der Waals surface area contributed by atoms with E-state index >= 15 is 0 Å². The Bertz CT molecular complexity index is 445. The lowest BCUT2D eigenvalue weighted by atomic mass is 10.1. The summed E-state index contributed by atoms with van der Waals surface area (Å²) in [5, 5.41) is 4.49. The van der Waals surface area contributed by atoms with Crippen LogP contribution in [0.2, 0.25) is 0 Å². The minimum Gasteiger partial charge on any atom is -0.358 e. The molecule has 84 valence electrons. The van der Waals surface area contributed by atoms with Crippen molar-refractivity contribution >= 4 is 16.9 Å². The van der Waals surface area contributed by atoms with Gasteiger partial charge in [-0.2, -0.15) is 0 Å². The number of nitrogens with zero attached hydrogens (tertiary/aromatic N) is 1. The number of benzene rings is 1. The van der Waals surface area contributed by atoms with Crippen molar-refractivity contribution in [1.82, 2.24) is 5.32 Å². The third-order valence-electron chi connectivity index (χ3n) is 3.07. The van der Waals surface area contributed by atoms with Crippen LogP contribution in [0.4, 0.5) is 4.39 Å². The number of amidine groups is 1. The van der Waals surface area contributed by atoms with Gasteiger partial charge in [-0.1, -0.05) is 17.8 Å². The second-order valence-electron chi connectivity index (χ2n) is 4.11. The Morgan fingerprint density at radius 1 is 1.44 bits per heavy atom. The van der Waals surface area contributed by atoms with Gasteiger partial charge in [-0.25, -0.2) is 4.39 Å². The Morgan fingerprint density at radius 2 is 2.38 bits per heavy atom. The highest BCUT2D eigenvalue weighted by molar-refractivity contribution is 8.14. The molecule has 0 spiro atoms. The van der Waals surface area contributed by atoms with Gasteiger partial charge in [0.1, 0.15) is 5.82 Å². The van der Waals surface area contributed by atoms with E-state index in [-0.39, 0.29) is 5.82 Å². The number of aryl methyl sites for hydroxylation is 1. The molecule has 1 unspecified atom stereocenters. The van der Waals surface area contributed by atoms with E-state index < -0.39 is 0 Å². The van der Waals surface area contributed by atoms with Crippen LogP contribution in [0.3, 0.4) is 0 Å². The fraction of sp³-hybridized carbons (Fsp3) is 0.417. The van der Waals surface area contributed by atoms with Crippen LogP contribution >= 0.6 is 11.8 Å². The van der Waals surface area contributed by atoms with Crippen LogP contribution in [0, 0.1) is 5.82 Å². The van der Waals surface area contributed by atoms with Gasteiger partial charge in [0, 0.05) is 5.75 Å². The molecule has 2 nitrogen and oxygen atoms in total. The van der Waals surface area contributed by atoms with Crippen molar-refractivity contribution in [2.45, 2.75) is 18.9 Å². The molecule has 0 radical (unpaired) electrons. The minimum atomic E-state index is -0.132. The molecule has 1 aromatic carbocycles. The van der Waals surface area contributed by atoms with E-state index in [1.165, 1.54) is 5.56 Å². The molecule has 1 aromatic rings. The number of halogens is 1. The van der Waals surface area contributed by atoms with Crippen molar-refractivity contribution in [1.29, 1.82) is 0 Å². The lowest BCUT2D eigenvalue weighted by molar-refractivity contribution is 0.625. The van der Waals surface area contributed by atoms with Crippen LogP contribution in [-0.4, -0.2) is 17.5 Å². The summed E-state index contributed by atoms with van der Waals surface area (Å²) in [5.41, 5.74) is 2.37. The second kappa shape index (κ2) is 4.09. The lowest BCUT2D eigenvalue weighted by Gasteiger charge is -2.14. The van der Waals surface area contributed by atoms with Gasteiger partial charge in [0.2, 0.25) is 0 Å². The summed E-state index contributed by atoms with van der Waals surface area (Å²) in [6.07, 6.45) is 2.00. The Hall–Kier alpha value is -1.03. The summed E-state index contributed by atoms with van der Waals surface area (Å²) in [5.74, 6) is 0.942. The Labute approximate surface area is 98.3 Å². The van der Waals surface area contributed by atoms with Crippen LogP contribution in [0.1, 0.15) is 23.6 Å². The topological polar surface area (TPSA) is 24.4 Å². The van der Waals surface area contributed by atoms with Crippen molar-refractivity contribution in [2.24, 2.45) is 4.99 Å². The third kappa shape index (κ3) is 1.82. The summed E-state index contributed by atoms with van der Waals surface area (Å²) in [6.45, 7) is 0.913. The summed E-state index contributed by atoms with van der Waals surface area (Å²) < 4.78 is 13.0. The molecular weight excluding hydrogens is 223 g/mol. The summed E-state index contributed by atoms with van der Waals surface area (Å²) >= 11 is 1.77. The number of fused-ring (bicyclic) bond motifs is 1. The number of hydrogen-bond acceptors (Lipinski definition) is 3. The highest BCUT2D eigenvalue weighted by Gasteiger charge is 2.24. The summed E-state index contributed by atoms with van der Waals surface area (Å²) in [7, 11) is 0. The quantitative estimate of drug-likeness (QED) is 0.810. The molecule has 1 aliphatic heterocycles. The first-order valence-corrected chi connectivity index (χ1v) is 6.53. The zero-order valence-corrected chi connectivity index (χ0v) is 9.69. The van der Waals surface area contributed by atoms with Gasteiger partial charge in [0.25, 0.3) is 0 Å². The first kappa shape index (κ1) is 10.1. The van der Waals surface area contributed by atoms with Gasteiger partial charge in [-0.15, -0.1) is 0 Å². The molecule has 4 heteroatoms. The van der Waals surface area contributed by atoms with Crippen molar-refractivity contribution in [3.05, 3.63) is 35.1 Å². The van der Waals surface area contributed by atoms with Gasteiger partial charge in [0.15, 0.2) is 5.17 Å². The molecule has 1 aliphatic carbocycles.